The summed E-state index contributed by atoms with van der Waals surface area (Å²) in [7, 11) is 0. The number of nitrogens with zero attached hydrogens (tertiary/aromatic N) is 5. The molecule has 0 N–H and O–H groups in total. The van der Waals surface area contributed by atoms with Crippen LogP contribution in [0, 0.1) is 18.3 Å². The van der Waals surface area contributed by atoms with E-state index >= 15 is 0 Å². The summed E-state index contributed by atoms with van der Waals surface area (Å²) in [5.41, 5.74) is 0. The Morgan fingerprint density at radius 1 is 1.29 bits per heavy atom. The summed E-state index contributed by atoms with van der Waals surface area (Å²) < 4.78 is 7.69. The lowest BCUT2D eigenvalue weighted by Gasteiger charge is -2.32. The minimum Gasteiger partial charge on any atom is -0.376 e. The monoisotopic (exact) mass is 289 g/mol. The van der Waals surface area contributed by atoms with E-state index in [1.807, 2.05) is 4.68 Å². The second kappa shape index (κ2) is 6.90. The van der Waals surface area contributed by atoms with Gasteiger partial charge in [0.05, 0.1) is 12.6 Å². The van der Waals surface area contributed by atoms with Gasteiger partial charge in [0.2, 0.25) is 5.95 Å². The lowest BCUT2D eigenvalue weighted by molar-refractivity contribution is 0.00387. The average Bonchev–Trinajstić information content (AvgIpc) is 2.97. The largest absolute Gasteiger partial charge is 0.376 e. The van der Waals surface area contributed by atoms with E-state index in [1.165, 1.54) is 19.3 Å². The van der Waals surface area contributed by atoms with E-state index in [0.29, 0.717) is 5.92 Å². The molecule has 2 fully saturated rings. The maximum atomic E-state index is 5.79. The first-order valence-electron chi connectivity index (χ1n) is 7.93. The Balaban J connectivity index is 1.65. The van der Waals surface area contributed by atoms with Crippen molar-refractivity contribution in [3.8, 4) is 12.3 Å². The third kappa shape index (κ3) is 3.53. The van der Waals surface area contributed by atoms with Gasteiger partial charge >= 0.3 is 0 Å². The molecule has 0 radical (unpaired) electrons. The molecule has 2 saturated heterocycles. The van der Waals surface area contributed by atoms with Gasteiger partial charge in [0, 0.05) is 26.1 Å². The number of tetrazole rings is 1. The van der Waals surface area contributed by atoms with Gasteiger partial charge in [-0.2, -0.15) is 0 Å². The van der Waals surface area contributed by atoms with Crippen molar-refractivity contribution < 1.29 is 4.74 Å². The molecule has 0 spiro atoms. The molecule has 2 aliphatic rings. The predicted octanol–water partition coefficient (Wildman–Crippen LogP) is 1.48. The van der Waals surface area contributed by atoms with Crippen LogP contribution in [0.4, 0.5) is 5.95 Å². The van der Waals surface area contributed by atoms with Gasteiger partial charge in [-0.15, -0.1) is 12.3 Å². The molecule has 1 aromatic heterocycles. The van der Waals surface area contributed by atoms with E-state index in [-0.39, 0.29) is 6.10 Å². The molecule has 0 amide bonds. The number of anilines is 1. The van der Waals surface area contributed by atoms with E-state index in [1.54, 1.807) is 0 Å². The van der Waals surface area contributed by atoms with Crippen molar-refractivity contribution in [2.24, 2.45) is 5.92 Å². The van der Waals surface area contributed by atoms with Crippen LogP contribution in [0.1, 0.15) is 38.5 Å². The van der Waals surface area contributed by atoms with Gasteiger partial charge < -0.3 is 9.64 Å². The molecule has 2 aliphatic heterocycles. The molecule has 1 aromatic rings. The molecule has 2 atom stereocenters. The van der Waals surface area contributed by atoms with Crippen molar-refractivity contribution in [3.63, 3.8) is 0 Å². The van der Waals surface area contributed by atoms with Gasteiger partial charge in [0.25, 0.3) is 0 Å². The highest BCUT2D eigenvalue weighted by Crippen LogP contribution is 2.24. The minimum atomic E-state index is 0.243. The number of hydrogen-bond donors (Lipinski definition) is 0. The molecule has 3 heterocycles. The molecule has 6 heteroatoms. The van der Waals surface area contributed by atoms with E-state index in [4.69, 9.17) is 11.2 Å². The van der Waals surface area contributed by atoms with Gasteiger partial charge in [0.15, 0.2) is 0 Å². The van der Waals surface area contributed by atoms with Gasteiger partial charge in [0.1, 0.15) is 0 Å². The summed E-state index contributed by atoms with van der Waals surface area (Å²) in [5, 5.41) is 12.2. The molecular formula is C15H23N5O. The molecule has 0 bridgehead atoms. The van der Waals surface area contributed by atoms with Crippen LogP contribution >= 0.6 is 0 Å². The minimum absolute atomic E-state index is 0.243. The van der Waals surface area contributed by atoms with E-state index in [2.05, 4.69) is 26.3 Å². The summed E-state index contributed by atoms with van der Waals surface area (Å²) >= 11 is 0. The van der Waals surface area contributed by atoms with Gasteiger partial charge in [-0.25, -0.2) is 4.68 Å². The van der Waals surface area contributed by atoms with E-state index in [9.17, 15) is 0 Å². The highest BCUT2D eigenvalue weighted by Gasteiger charge is 2.25. The third-order valence-electron chi connectivity index (χ3n) is 4.37. The first-order valence-corrected chi connectivity index (χ1v) is 7.93. The zero-order chi connectivity index (χ0) is 14.5. The van der Waals surface area contributed by atoms with Crippen LogP contribution in [0.25, 0.3) is 0 Å². The molecule has 0 aliphatic carbocycles. The third-order valence-corrected chi connectivity index (χ3v) is 4.37. The fourth-order valence-corrected chi connectivity index (χ4v) is 3.27. The number of piperidine rings is 1. The van der Waals surface area contributed by atoms with Crippen LogP contribution in [0.15, 0.2) is 0 Å². The molecule has 6 nitrogen and oxygen atoms in total. The second-order valence-electron chi connectivity index (χ2n) is 6.01. The summed E-state index contributed by atoms with van der Waals surface area (Å²) in [4.78, 5) is 2.27. The highest BCUT2D eigenvalue weighted by molar-refractivity contribution is 5.29. The Hall–Kier alpha value is -1.61. The van der Waals surface area contributed by atoms with Crippen LogP contribution in [-0.2, 0) is 11.3 Å². The standard InChI is InChI=1S/C15H23N5O/c1-2-6-13-7-5-9-19(11-13)15-16-17-18-20(15)12-14-8-3-4-10-21-14/h1,13-14H,3-12H2. The van der Waals surface area contributed by atoms with Crippen LogP contribution in [0.2, 0.25) is 0 Å². The first kappa shape index (κ1) is 14.3. The molecule has 2 unspecified atom stereocenters. The number of terminal acetylenes is 1. The second-order valence-corrected chi connectivity index (χ2v) is 6.01. The topological polar surface area (TPSA) is 56.1 Å². The number of ether oxygens (including phenoxy) is 1. The maximum Gasteiger partial charge on any atom is 0.245 e. The van der Waals surface area contributed by atoms with E-state index < -0.39 is 0 Å². The molecular weight excluding hydrogens is 266 g/mol. The normalized spacial score (nSPS) is 26.5. The summed E-state index contributed by atoms with van der Waals surface area (Å²) in [6, 6.07) is 0. The fraction of sp³-hybridized carbons (Fsp3) is 0.800. The van der Waals surface area contributed by atoms with Gasteiger partial charge in [-0.05, 0) is 48.4 Å². The number of hydrogen-bond acceptors (Lipinski definition) is 5. The van der Waals surface area contributed by atoms with Gasteiger partial charge in [-0.3, -0.25) is 0 Å². The fourth-order valence-electron chi connectivity index (χ4n) is 3.27. The highest BCUT2D eigenvalue weighted by atomic mass is 16.5. The molecule has 0 aromatic carbocycles. The van der Waals surface area contributed by atoms with Crippen molar-refractivity contribution in [2.45, 2.75) is 51.2 Å². The van der Waals surface area contributed by atoms with Crippen molar-refractivity contribution in [3.05, 3.63) is 0 Å². The lowest BCUT2D eigenvalue weighted by Crippen LogP contribution is -2.38. The Morgan fingerprint density at radius 2 is 2.24 bits per heavy atom. The Morgan fingerprint density at radius 3 is 3.05 bits per heavy atom. The quantitative estimate of drug-likeness (QED) is 0.786. The van der Waals surface area contributed by atoms with Crippen LogP contribution in [0.5, 0.6) is 0 Å². The summed E-state index contributed by atoms with van der Waals surface area (Å²) in [6.07, 6.45) is 12.4. The molecule has 0 saturated carbocycles. The van der Waals surface area contributed by atoms with E-state index in [0.717, 1.165) is 51.5 Å². The van der Waals surface area contributed by atoms with Gasteiger partial charge in [-0.1, -0.05) is 5.10 Å². The van der Waals surface area contributed by atoms with Crippen molar-refractivity contribution in [1.82, 2.24) is 20.2 Å². The Kier molecular flexibility index (Phi) is 4.71. The summed E-state index contributed by atoms with van der Waals surface area (Å²) in [6.45, 7) is 3.57. The zero-order valence-corrected chi connectivity index (χ0v) is 12.4. The van der Waals surface area contributed by atoms with Crippen LogP contribution in [-0.4, -0.2) is 46.0 Å². The maximum absolute atomic E-state index is 5.79. The molecule has 21 heavy (non-hydrogen) atoms. The predicted molar refractivity (Wildman–Crippen MR) is 79.8 cm³/mol. The smallest absolute Gasteiger partial charge is 0.245 e. The van der Waals surface area contributed by atoms with Crippen molar-refractivity contribution in [2.75, 3.05) is 24.6 Å². The summed E-state index contributed by atoms with van der Waals surface area (Å²) in [5.74, 6) is 4.20. The molecule has 114 valence electrons. The van der Waals surface area contributed by atoms with Crippen molar-refractivity contribution >= 4 is 5.95 Å². The van der Waals surface area contributed by atoms with Crippen molar-refractivity contribution in [1.29, 1.82) is 0 Å². The first-order chi connectivity index (χ1) is 10.4. The Bertz CT molecular complexity index is 488. The average molecular weight is 289 g/mol. The Labute approximate surface area is 125 Å². The molecule has 3 rings (SSSR count). The lowest BCUT2D eigenvalue weighted by atomic mass is 9.95. The van der Waals surface area contributed by atoms with Crippen LogP contribution < -0.4 is 4.90 Å². The van der Waals surface area contributed by atoms with Crippen LogP contribution in [0.3, 0.4) is 0 Å². The zero-order valence-electron chi connectivity index (χ0n) is 12.4. The SMILES string of the molecule is C#CCC1CCCN(c2nnnn2CC2CCCCO2)C1. The number of rotatable bonds is 4. The number of aromatic nitrogens is 4.